The predicted molar refractivity (Wildman–Crippen MR) is 108 cm³/mol. The fraction of sp³-hybridized carbons (Fsp3) is 0.158. The molecule has 1 N–H and O–H groups in total. The van der Waals surface area contributed by atoms with Crippen LogP contribution in [0.3, 0.4) is 0 Å². The van der Waals surface area contributed by atoms with E-state index < -0.39 is 23.5 Å². The van der Waals surface area contributed by atoms with Gasteiger partial charge in [-0.1, -0.05) is 23.5 Å². The van der Waals surface area contributed by atoms with Crippen LogP contribution in [0.15, 0.2) is 52.6 Å². The number of carbonyl (C=O) groups excluding carboxylic acids is 2. The standard InChI is InChI=1S/C19H15N3O5S2/c1-26-11-6-5-10(8-12(11)27-2)15-14(16(23)13-4-3-7-28-13)17(24)18(25)22(15)19-21-20-9-29-19/h3-9,15,24H,1-2H3. The van der Waals surface area contributed by atoms with Gasteiger partial charge in [-0.15, -0.1) is 21.5 Å². The maximum Gasteiger partial charge on any atom is 0.296 e. The number of amides is 1. The molecule has 3 heterocycles. The van der Waals surface area contributed by atoms with Crippen molar-refractivity contribution in [1.82, 2.24) is 10.2 Å². The SMILES string of the molecule is COc1ccc(C2C(C(=O)c3cccs3)=C(O)C(=O)N2c2nncs2)cc1OC. The fourth-order valence-corrected chi connectivity index (χ4v) is 4.45. The Bertz CT molecular complexity index is 1090. The second-order valence-electron chi connectivity index (χ2n) is 5.98. The molecule has 1 aliphatic rings. The molecule has 0 fully saturated rings. The molecule has 4 rings (SSSR count). The van der Waals surface area contributed by atoms with Crippen LogP contribution in [0.1, 0.15) is 21.3 Å². The van der Waals surface area contributed by atoms with E-state index in [-0.39, 0.29) is 10.7 Å². The lowest BCUT2D eigenvalue weighted by molar-refractivity contribution is -0.117. The normalized spacial score (nSPS) is 16.4. The molecule has 1 aliphatic heterocycles. The molecule has 2 aromatic heterocycles. The summed E-state index contributed by atoms with van der Waals surface area (Å²) >= 11 is 2.37. The highest BCUT2D eigenvalue weighted by Gasteiger charge is 2.46. The Morgan fingerprint density at radius 3 is 2.59 bits per heavy atom. The van der Waals surface area contributed by atoms with E-state index in [1.165, 1.54) is 36.0 Å². The molecule has 0 saturated heterocycles. The van der Waals surface area contributed by atoms with Crippen LogP contribution in [-0.4, -0.2) is 41.2 Å². The van der Waals surface area contributed by atoms with Gasteiger partial charge in [-0.2, -0.15) is 0 Å². The third kappa shape index (κ3) is 3.15. The molecule has 1 amide bonds. The van der Waals surface area contributed by atoms with Gasteiger partial charge in [0, 0.05) is 0 Å². The van der Waals surface area contributed by atoms with E-state index in [1.807, 2.05) is 0 Å². The van der Waals surface area contributed by atoms with Gasteiger partial charge in [-0.05, 0) is 29.1 Å². The highest BCUT2D eigenvalue weighted by atomic mass is 32.1. The first kappa shape index (κ1) is 19.1. The number of hydrogen-bond acceptors (Lipinski definition) is 9. The van der Waals surface area contributed by atoms with E-state index >= 15 is 0 Å². The maximum atomic E-state index is 13.2. The Morgan fingerprint density at radius 2 is 1.97 bits per heavy atom. The number of hydrogen-bond donors (Lipinski definition) is 1. The van der Waals surface area contributed by atoms with Gasteiger partial charge in [0.15, 0.2) is 17.3 Å². The molecule has 1 unspecified atom stereocenters. The topological polar surface area (TPSA) is 102 Å². The van der Waals surface area contributed by atoms with Crippen LogP contribution in [0.2, 0.25) is 0 Å². The number of nitrogens with zero attached hydrogens (tertiary/aromatic N) is 3. The molecular weight excluding hydrogens is 414 g/mol. The fourth-order valence-electron chi connectivity index (χ4n) is 3.19. The molecule has 1 atom stereocenters. The Hall–Kier alpha value is -3.24. The highest BCUT2D eigenvalue weighted by Crippen LogP contribution is 2.44. The third-order valence-corrected chi connectivity index (χ3v) is 6.03. The minimum absolute atomic E-state index is 0.0140. The lowest BCUT2D eigenvalue weighted by atomic mass is 9.95. The average molecular weight is 429 g/mol. The summed E-state index contributed by atoms with van der Waals surface area (Å²) < 4.78 is 10.6. The number of Topliss-reactive ketones (excluding diaryl/α,β-unsaturated/α-hetero) is 1. The smallest absolute Gasteiger partial charge is 0.296 e. The van der Waals surface area contributed by atoms with Gasteiger partial charge in [-0.25, -0.2) is 0 Å². The van der Waals surface area contributed by atoms with Crippen molar-refractivity contribution in [3.63, 3.8) is 0 Å². The summed E-state index contributed by atoms with van der Waals surface area (Å²) in [6.45, 7) is 0. The zero-order valence-electron chi connectivity index (χ0n) is 15.4. The summed E-state index contributed by atoms with van der Waals surface area (Å²) in [5.41, 5.74) is 2.03. The summed E-state index contributed by atoms with van der Waals surface area (Å²) in [6, 6.07) is 7.57. The Kier molecular flexibility index (Phi) is 5.03. The molecule has 148 valence electrons. The van der Waals surface area contributed by atoms with E-state index in [0.29, 0.717) is 21.9 Å². The van der Waals surface area contributed by atoms with Gasteiger partial charge in [0.1, 0.15) is 5.51 Å². The van der Waals surface area contributed by atoms with Crippen LogP contribution < -0.4 is 14.4 Å². The van der Waals surface area contributed by atoms with E-state index in [0.717, 1.165) is 11.3 Å². The van der Waals surface area contributed by atoms with E-state index in [2.05, 4.69) is 10.2 Å². The van der Waals surface area contributed by atoms with Gasteiger partial charge in [0.05, 0.1) is 30.7 Å². The molecule has 0 saturated carbocycles. The first-order chi connectivity index (χ1) is 14.1. The van der Waals surface area contributed by atoms with Crippen molar-refractivity contribution >= 4 is 39.5 Å². The van der Waals surface area contributed by atoms with Gasteiger partial charge in [0.25, 0.3) is 5.91 Å². The van der Waals surface area contributed by atoms with Gasteiger partial charge >= 0.3 is 0 Å². The van der Waals surface area contributed by atoms with Crippen LogP contribution in [0.5, 0.6) is 11.5 Å². The number of carbonyl (C=O) groups is 2. The van der Waals surface area contributed by atoms with E-state index in [4.69, 9.17) is 9.47 Å². The van der Waals surface area contributed by atoms with Crippen molar-refractivity contribution < 1.29 is 24.2 Å². The zero-order chi connectivity index (χ0) is 20.5. The largest absolute Gasteiger partial charge is 0.503 e. The van der Waals surface area contributed by atoms with Crippen molar-refractivity contribution in [2.75, 3.05) is 19.1 Å². The van der Waals surface area contributed by atoms with Crippen LogP contribution in [0.4, 0.5) is 5.13 Å². The van der Waals surface area contributed by atoms with E-state index in [1.54, 1.807) is 35.7 Å². The number of rotatable bonds is 6. The van der Waals surface area contributed by atoms with Crippen molar-refractivity contribution in [3.05, 3.63) is 63.0 Å². The molecule has 8 nitrogen and oxygen atoms in total. The molecule has 1 aromatic carbocycles. The number of benzene rings is 1. The second-order valence-corrected chi connectivity index (χ2v) is 7.74. The van der Waals surface area contributed by atoms with Crippen LogP contribution in [0, 0.1) is 0 Å². The zero-order valence-corrected chi connectivity index (χ0v) is 17.0. The van der Waals surface area contributed by atoms with Crippen molar-refractivity contribution in [2.24, 2.45) is 0 Å². The van der Waals surface area contributed by atoms with Gasteiger partial charge < -0.3 is 14.6 Å². The van der Waals surface area contributed by atoms with E-state index in [9.17, 15) is 14.7 Å². The van der Waals surface area contributed by atoms with Crippen LogP contribution in [0.25, 0.3) is 0 Å². The lowest BCUT2D eigenvalue weighted by Gasteiger charge is -2.24. The van der Waals surface area contributed by atoms with Gasteiger partial charge in [-0.3, -0.25) is 14.5 Å². The number of ether oxygens (including phenoxy) is 2. The molecule has 3 aromatic rings. The third-order valence-electron chi connectivity index (χ3n) is 4.48. The minimum Gasteiger partial charge on any atom is -0.503 e. The number of aliphatic hydroxyl groups is 1. The molecule has 10 heteroatoms. The minimum atomic E-state index is -0.884. The number of aliphatic hydroxyl groups excluding tert-OH is 1. The van der Waals surface area contributed by atoms with Crippen molar-refractivity contribution in [1.29, 1.82) is 0 Å². The Morgan fingerprint density at radius 1 is 1.17 bits per heavy atom. The monoisotopic (exact) mass is 429 g/mol. The average Bonchev–Trinajstić information content (AvgIpc) is 3.49. The summed E-state index contributed by atoms with van der Waals surface area (Å²) in [5, 5.41) is 20.4. The Balaban J connectivity index is 1.89. The summed E-state index contributed by atoms with van der Waals surface area (Å²) in [6.07, 6.45) is 0. The summed E-state index contributed by atoms with van der Waals surface area (Å²) in [7, 11) is 3.01. The number of methoxy groups -OCH3 is 2. The number of thiophene rings is 1. The number of ketones is 1. The van der Waals surface area contributed by atoms with Gasteiger partial charge in [0.2, 0.25) is 10.9 Å². The highest BCUT2D eigenvalue weighted by molar-refractivity contribution is 7.13. The van der Waals surface area contributed by atoms with Crippen LogP contribution >= 0.6 is 22.7 Å². The molecule has 29 heavy (non-hydrogen) atoms. The predicted octanol–water partition coefficient (Wildman–Crippen LogP) is 3.40. The second kappa shape index (κ2) is 7.64. The lowest BCUT2D eigenvalue weighted by Crippen LogP contribution is -2.31. The number of anilines is 1. The first-order valence-corrected chi connectivity index (χ1v) is 10.2. The van der Waals surface area contributed by atoms with Crippen molar-refractivity contribution in [2.45, 2.75) is 6.04 Å². The molecule has 0 spiro atoms. The quantitative estimate of drug-likeness (QED) is 0.599. The summed E-state index contributed by atoms with van der Waals surface area (Å²) in [5.74, 6) is -0.788. The Labute approximate surface area is 173 Å². The number of aromatic nitrogens is 2. The van der Waals surface area contributed by atoms with Crippen molar-refractivity contribution in [3.8, 4) is 11.5 Å². The molecule has 0 bridgehead atoms. The maximum absolute atomic E-state index is 13.2. The molecular formula is C19H15N3O5S2. The first-order valence-electron chi connectivity index (χ1n) is 8.39. The van der Waals surface area contributed by atoms with Crippen LogP contribution in [-0.2, 0) is 4.79 Å². The molecule has 0 radical (unpaired) electrons. The summed E-state index contributed by atoms with van der Waals surface area (Å²) in [4.78, 5) is 27.8. The molecule has 0 aliphatic carbocycles.